The molecular weight excluding hydrogens is 334 g/mol. The van der Waals surface area contributed by atoms with E-state index in [1.807, 2.05) is 13.8 Å². The molecule has 0 bridgehead atoms. The summed E-state index contributed by atoms with van der Waals surface area (Å²) < 4.78 is 5.62. The highest BCUT2D eigenvalue weighted by Gasteiger charge is 2.23. The molecule has 1 unspecified atom stereocenters. The summed E-state index contributed by atoms with van der Waals surface area (Å²) in [6, 6.07) is 0.411. The lowest BCUT2D eigenvalue weighted by Gasteiger charge is -2.37. The lowest BCUT2D eigenvalue weighted by atomic mass is 10.0. The van der Waals surface area contributed by atoms with Gasteiger partial charge in [0.2, 0.25) is 0 Å². The summed E-state index contributed by atoms with van der Waals surface area (Å²) in [4.78, 5) is 5.27. The zero-order valence-corrected chi connectivity index (χ0v) is 18.5. The summed E-state index contributed by atoms with van der Waals surface area (Å²) in [6.07, 6.45) is 12.9. The normalized spacial score (nSPS) is 18.4. The van der Waals surface area contributed by atoms with E-state index in [1.165, 1.54) is 37.9 Å². The fourth-order valence-corrected chi connectivity index (χ4v) is 3.71. The Hall–Kier alpha value is -1.10. The van der Waals surface area contributed by atoms with E-state index in [2.05, 4.69) is 60.2 Å². The Kier molecular flexibility index (Phi) is 13.2. The van der Waals surface area contributed by atoms with Crippen LogP contribution in [0.5, 0.6) is 0 Å². The highest BCUT2D eigenvalue weighted by atomic mass is 16.5. The van der Waals surface area contributed by atoms with Crippen molar-refractivity contribution in [1.82, 2.24) is 15.1 Å². The monoisotopic (exact) mass is 377 g/mol. The van der Waals surface area contributed by atoms with Crippen molar-refractivity contribution in [2.24, 2.45) is 0 Å². The Balaban J connectivity index is 3.04. The van der Waals surface area contributed by atoms with Crippen molar-refractivity contribution in [3.63, 3.8) is 0 Å². The molecule has 0 aromatic heterocycles. The second-order valence-corrected chi connectivity index (χ2v) is 7.24. The predicted molar refractivity (Wildman–Crippen MR) is 118 cm³/mol. The van der Waals surface area contributed by atoms with Gasteiger partial charge in [-0.1, -0.05) is 38.5 Å². The first-order chi connectivity index (χ1) is 13.2. The molecular formula is C23H43N3O. The van der Waals surface area contributed by atoms with E-state index in [9.17, 15) is 0 Å². The van der Waals surface area contributed by atoms with E-state index in [1.54, 1.807) is 0 Å². The summed E-state index contributed by atoms with van der Waals surface area (Å²) in [5.41, 5.74) is 1.38. The zero-order valence-electron chi connectivity index (χ0n) is 18.5. The van der Waals surface area contributed by atoms with Crippen LogP contribution < -0.4 is 5.32 Å². The van der Waals surface area contributed by atoms with Gasteiger partial charge in [-0.2, -0.15) is 0 Å². The Morgan fingerprint density at radius 2 is 1.89 bits per heavy atom. The van der Waals surface area contributed by atoms with Gasteiger partial charge in [0.25, 0.3) is 0 Å². The number of hydrogen-bond donors (Lipinski definition) is 1. The molecule has 4 nitrogen and oxygen atoms in total. The van der Waals surface area contributed by atoms with Crippen molar-refractivity contribution in [1.29, 1.82) is 0 Å². The van der Waals surface area contributed by atoms with Crippen LogP contribution >= 0.6 is 0 Å². The third-order valence-electron chi connectivity index (χ3n) is 5.18. The van der Waals surface area contributed by atoms with Crippen LogP contribution in [0.15, 0.2) is 35.6 Å². The van der Waals surface area contributed by atoms with Crippen LogP contribution in [-0.2, 0) is 4.74 Å². The van der Waals surface area contributed by atoms with Crippen LogP contribution in [0.3, 0.4) is 0 Å². The van der Waals surface area contributed by atoms with Crippen LogP contribution in [-0.4, -0.2) is 68.3 Å². The summed E-state index contributed by atoms with van der Waals surface area (Å²) >= 11 is 0. The number of nitrogens with zero attached hydrogens (tertiary/aromatic N) is 2. The fraction of sp³-hybridized carbons (Fsp3) is 0.739. The lowest BCUT2D eigenvalue weighted by Crippen LogP contribution is -2.48. The molecule has 0 spiro atoms. The molecule has 0 radical (unpaired) electrons. The molecule has 156 valence electrons. The second-order valence-electron chi connectivity index (χ2n) is 7.24. The molecule has 1 aliphatic heterocycles. The van der Waals surface area contributed by atoms with Crippen molar-refractivity contribution >= 4 is 0 Å². The number of nitrogens with one attached hydrogen (secondary N) is 1. The number of piperidine rings is 1. The molecule has 1 N–H and O–H groups in total. The first kappa shape index (κ1) is 23.9. The Bertz CT molecular complexity index is 464. The Morgan fingerprint density at radius 3 is 2.48 bits per heavy atom. The van der Waals surface area contributed by atoms with Gasteiger partial charge < -0.3 is 15.0 Å². The maximum absolute atomic E-state index is 5.62. The Labute approximate surface area is 168 Å². The van der Waals surface area contributed by atoms with Crippen LogP contribution in [0.2, 0.25) is 0 Å². The number of rotatable bonds is 13. The predicted octanol–water partition coefficient (Wildman–Crippen LogP) is 4.22. The van der Waals surface area contributed by atoms with E-state index in [-0.39, 0.29) is 0 Å². The molecule has 1 rings (SSSR count). The SMILES string of the molecule is C\C=C/C(=C\C=C(/C)OCC)C(CN1CCCCC1)N(CC)CCNCC. The molecule has 0 saturated carbocycles. The summed E-state index contributed by atoms with van der Waals surface area (Å²) in [6.45, 7) is 19.1. The zero-order chi connectivity index (χ0) is 19.9. The minimum absolute atomic E-state index is 0.411. The molecule has 1 aliphatic rings. The van der Waals surface area contributed by atoms with Gasteiger partial charge in [-0.25, -0.2) is 0 Å². The van der Waals surface area contributed by atoms with E-state index in [4.69, 9.17) is 4.74 Å². The average molecular weight is 378 g/mol. The summed E-state index contributed by atoms with van der Waals surface area (Å²) in [5, 5.41) is 3.48. The third kappa shape index (κ3) is 9.59. The van der Waals surface area contributed by atoms with Crippen LogP contribution in [0.25, 0.3) is 0 Å². The van der Waals surface area contributed by atoms with Crippen LogP contribution in [0.1, 0.15) is 53.9 Å². The minimum Gasteiger partial charge on any atom is -0.499 e. The fourth-order valence-electron chi connectivity index (χ4n) is 3.71. The highest BCUT2D eigenvalue weighted by Crippen LogP contribution is 2.18. The largest absolute Gasteiger partial charge is 0.499 e. The van der Waals surface area contributed by atoms with Crippen molar-refractivity contribution in [3.05, 3.63) is 35.6 Å². The van der Waals surface area contributed by atoms with Gasteiger partial charge in [-0.15, -0.1) is 0 Å². The van der Waals surface area contributed by atoms with Crippen molar-refractivity contribution in [3.8, 4) is 0 Å². The molecule has 1 heterocycles. The first-order valence-corrected chi connectivity index (χ1v) is 11.0. The van der Waals surface area contributed by atoms with Crippen LogP contribution in [0, 0.1) is 0 Å². The number of ether oxygens (including phenoxy) is 1. The van der Waals surface area contributed by atoms with Gasteiger partial charge in [-0.3, -0.25) is 4.90 Å². The third-order valence-corrected chi connectivity index (χ3v) is 5.18. The first-order valence-electron chi connectivity index (χ1n) is 11.0. The topological polar surface area (TPSA) is 27.7 Å². The molecule has 0 aromatic rings. The van der Waals surface area contributed by atoms with E-state index < -0.39 is 0 Å². The molecule has 1 fully saturated rings. The standard InChI is InChI=1S/C23H43N3O/c1-6-13-22(15-14-21(5)27-9-4)23(20-25-17-11-10-12-18-25)26(8-3)19-16-24-7-2/h6,13-15,23-24H,7-12,16-20H2,1-5H3/b13-6-,21-14+,22-15+. The van der Waals surface area contributed by atoms with Gasteiger partial charge in [0.1, 0.15) is 0 Å². The smallest absolute Gasteiger partial charge is 0.0928 e. The second kappa shape index (κ2) is 14.9. The van der Waals surface area contributed by atoms with Gasteiger partial charge in [0.05, 0.1) is 12.4 Å². The number of allylic oxidation sites excluding steroid dienone is 4. The molecule has 0 amide bonds. The van der Waals surface area contributed by atoms with Gasteiger partial charge in [-0.05, 0) is 71.4 Å². The van der Waals surface area contributed by atoms with Gasteiger partial charge >= 0.3 is 0 Å². The van der Waals surface area contributed by atoms with Gasteiger partial charge in [0.15, 0.2) is 0 Å². The number of hydrogen-bond acceptors (Lipinski definition) is 4. The molecule has 1 atom stereocenters. The van der Waals surface area contributed by atoms with Gasteiger partial charge in [0, 0.05) is 25.7 Å². The summed E-state index contributed by atoms with van der Waals surface area (Å²) in [5.74, 6) is 0.979. The minimum atomic E-state index is 0.411. The van der Waals surface area contributed by atoms with Crippen molar-refractivity contribution in [2.75, 3.05) is 52.4 Å². The number of likely N-dealkylation sites (N-methyl/N-ethyl adjacent to an activating group) is 2. The molecule has 1 saturated heterocycles. The molecule has 27 heavy (non-hydrogen) atoms. The number of likely N-dealkylation sites (tertiary alicyclic amines) is 1. The Morgan fingerprint density at radius 1 is 1.15 bits per heavy atom. The van der Waals surface area contributed by atoms with Crippen molar-refractivity contribution < 1.29 is 4.74 Å². The lowest BCUT2D eigenvalue weighted by molar-refractivity contribution is 0.149. The van der Waals surface area contributed by atoms with Crippen LogP contribution in [0.4, 0.5) is 0 Å². The van der Waals surface area contributed by atoms with E-state index in [0.29, 0.717) is 6.04 Å². The van der Waals surface area contributed by atoms with E-state index in [0.717, 1.165) is 45.1 Å². The van der Waals surface area contributed by atoms with E-state index >= 15 is 0 Å². The highest BCUT2D eigenvalue weighted by molar-refractivity contribution is 5.30. The van der Waals surface area contributed by atoms with Crippen molar-refractivity contribution in [2.45, 2.75) is 59.9 Å². The maximum Gasteiger partial charge on any atom is 0.0928 e. The maximum atomic E-state index is 5.62. The summed E-state index contributed by atoms with van der Waals surface area (Å²) in [7, 11) is 0. The molecule has 0 aromatic carbocycles. The molecule has 4 heteroatoms. The molecule has 0 aliphatic carbocycles. The average Bonchev–Trinajstić information content (AvgIpc) is 2.68. The quantitative estimate of drug-likeness (QED) is 0.295.